The van der Waals surface area contributed by atoms with Crippen molar-refractivity contribution in [3.63, 3.8) is 0 Å². The van der Waals surface area contributed by atoms with E-state index in [1.807, 2.05) is 0 Å². The lowest BCUT2D eigenvalue weighted by atomic mass is 10.2. The van der Waals surface area contributed by atoms with Crippen LogP contribution in [0.4, 0.5) is 0 Å². The summed E-state index contributed by atoms with van der Waals surface area (Å²) in [6.07, 6.45) is 1.68. The first-order valence-electron chi connectivity index (χ1n) is 8.05. The van der Waals surface area contributed by atoms with Gasteiger partial charge in [-0.2, -0.15) is 0 Å². The van der Waals surface area contributed by atoms with Crippen LogP contribution in [0.15, 0.2) is 0 Å². The Labute approximate surface area is 132 Å². The van der Waals surface area contributed by atoms with Crippen molar-refractivity contribution in [3.8, 4) is 0 Å². The van der Waals surface area contributed by atoms with E-state index in [0.29, 0.717) is 12.1 Å². The van der Waals surface area contributed by atoms with Gasteiger partial charge in [0.1, 0.15) is 0 Å². The van der Waals surface area contributed by atoms with Crippen LogP contribution in [0.25, 0.3) is 0 Å². The van der Waals surface area contributed by atoms with Crippen LogP contribution in [-0.2, 0) is 4.74 Å². The number of rotatable bonds is 5. The fourth-order valence-corrected chi connectivity index (χ4v) is 3.66. The van der Waals surface area contributed by atoms with Gasteiger partial charge in [0, 0.05) is 50.6 Å². The summed E-state index contributed by atoms with van der Waals surface area (Å²) in [5.41, 5.74) is 0. The summed E-state index contributed by atoms with van der Waals surface area (Å²) < 4.78 is 5.97. The van der Waals surface area contributed by atoms with Crippen molar-refractivity contribution in [2.24, 2.45) is 0 Å². The molecule has 0 radical (unpaired) electrons. The molecule has 20 heavy (non-hydrogen) atoms. The molecule has 0 aliphatic carbocycles. The van der Waals surface area contributed by atoms with Gasteiger partial charge in [0.05, 0.1) is 12.7 Å². The van der Waals surface area contributed by atoms with E-state index in [4.69, 9.17) is 4.74 Å². The van der Waals surface area contributed by atoms with Crippen LogP contribution in [0.5, 0.6) is 0 Å². The van der Waals surface area contributed by atoms with E-state index in [1.165, 1.54) is 39.1 Å². The van der Waals surface area contributed by atoms with E-state index in [1.54, 1.807) is 0 Å². The maximum atomic E-state index is 5.97. The highest BCUT2D eigenvalue weighted by Crippen LogP contribution is 2.12. The number of nitrogens with zero attached hydrogens (tertiary/aromatic N) is 3. The van der Waals surface area contributed by atoms with Crippen LogP contribution >= 0.6 is 15.9 Å². The Hall–Kier alpha value is 0.320. The van der Waals surface area contributed by atoms with Crippen molar-refractivity contribution in [2.75, 3.05) is 64.3 Å². The van der Waals surface area contributed by atoms with E-state index in [0.717, 1.165) is 31.6 Å². The molecular formula is C15H30BrN3O. The fraction of sp³-hybridized carbons (Fsp3) is 1.00. The molecule has 0 saturated carbocycles. The average molecular weight is 348 g/mol. The molecule has 0 aromatic rings. The normalized spacial score (nSPS) is 27.9. The van der Waals surface area contributed by atoms with Crippen LogP contribution in [0.3, 0.4) is 0 Å². The van der Waals surface area contributed by atoms with Crippen LogP contribution in [0.1, 0.15) is 20.3 Å². The largest absolute Gasteiger partial charge is 0.374 e. The number of alkyl halides is 1. The van der Waals surface area contributed by atoms with Crippen LogP contribution in [0, 0.1) is 0 Å². The van der Waals surface area contributed by atoms with E-state index in [2.05, 4.69) is 44.5 Å². The highest BCUT2D eigenvalue weighted by atomic mass is 79.9. The predicted molar refractivity (Wildman–Crippen MR) is 87.7 cm³/mol. The van der Waals surface area contributed by atoms with Gasteiger partial charge < -0.3 is 9.64 Å². The number of halogens is 1. The molecule has 2 fully saturated rings. The molecule has 0 aromatic heterocycles. The number of hydrogen-bond acceptors (Lipinski definition) is 4. The highest BCUT2D eigenvalue weighted by molar-refractivity contribution is 9.09. The molecule has 1 unspecified atom stereocenters. The molecule has 0 spiro atoms. The summed E-state index contributed by atoms with van der Waals surface area (Å²) in [5.74, 6) is 0. The third-order valence-corrected chi connectivity index (χ3v) is 4.80. The Morgan fingerprint density at radius 3 is 2.60 bits per heavy atom. The lowest BCUT2D eigenvalue weighted by Crippen LogP contribution is -2.50. The van der Waals surface area contributed by atoms with Crippen molar-refractivity contribution < 1.29 is 4.74 Å². The minimum atomic E-state index is 0.397. The maximum Gasteiger partial charge on any atom is 0.0829 e. The minimum absolute atomic E-state index is 0.397. The molecule has 0 bridgehead atoms. The standard InChI is InChI=1S/C15H30BrN3O/c1-14(2)19-10-11-20-15(13-19)12-18-6-3-5-17(7-4-16)8-9-18/h14-15H,3-13H2,1-2H3. The van der Waals surface area contributed by atoms with Gasteiger partial charge in [-0.05, 0) is 33.4 Å². The Kier molecular flexibility index (Phi) is 7.25. The van der Waals surface area contributed by atoms with E-state index < -0.39 is 0 Å². The van der Waals surface area contributed by atoms with Crippen LogP contribution < -0.4 is 0 Å². The molecular weight excluding hydrogens is 318 g/mol. The SMILES string of the molecule is CC(C)N1CCOC(CN2CCCN(CCBr)CC2)C1. The zero-order chi connectivity index (χ0) is 14.4. The van der Waals surface area contributed by atoms with Gasteiger partial charge in [0.15, 0.2) is 0 Å². The van der Waals surface area contributed by atoms with Crippen molar-refractivity contribution >= 4 is 15.9 Å². The Morgan fingerprint density at radius 1 is 1.10 bits per heavy atom. The first-order chi connectivity index (χ1) is 9.69. The first kappa shape index (κ1) is 16.7. The molecule has 2 aliphatic rings. The van der Waals surface area contributed by atoms with Crippen LogP contribution in [0.2, 0.25) is 0 Å². The van der Waals surface area contributed by atoms with Gasteiger partial charge in [-0.25, -0.2) is 0 Å². The van der Waals surface area contributed by atoms with Crippen molar-refractivity contribution in [2.45, 2.75) is 32.4 Å². The van der Waals surface area contributed by atoms with E-state index in [9.17, 15) is 0 Å². The predicted octanol–water partition coefficient (Wildman–Crippen LogP) is 1.50. The zero-order valence-corrected chi connectivity index (χ0v) is 14.6. The van der Waals surface area contributed by atoms with E-state index >= 15 is 0 Å². The average Bonchev–Trinajstić information content (AvgIpc) is 2.65. The molecule has 4 nitrogen and oxygen atoms in total. The van der Waals surface area contributed by atoms with Gasteiger partial charge >= 0.3 is 0 Å². The second kappa shape index (κ2) is 8.69. The minimum Gasteiger partial charge on any atom is -0.374 e. The number of hydrogen-bond donors (Lipinski definition) is 0. The summed E-state index contributed by atoms with van der Waals surface area (Å²) in [5, 5.41) is 1.09. The van der Waals surface area contributed by atoms with Crippen LogP contribution in [-0.4, -0.2) is 91.1 Å². The first-order valence-corrected chi connectivity index (χ1v) is 9.17. The third kappa shape index (κ3) is 5.26. The summed E-state index contributed by atoms with van der Waals surface area (Å²) in [6, 6.07) is 0.639. The molecule has 1 atom stereocenters. The van der Waals surface area contributed by atoms with Gasteiger partial charge in [-0.1, -0.05) is 15.9 Å². The molecule has 0 aromatic carbocycles. The number of morpholine rings is 1. The Morgan fingerprint density at radius 2 is 1.85 bits per heavy atom. The van der Waals surface area contributed by atoms with Gasteiger partial charge in [0.25, 0.3) is 0 Å². The highest BCUT2D eigenvalue weighted by Gasteiger charge is 2.25. The molecule has 0 N–H and O–H groups in total. The topological polar surface area (TPSA) is 19.0 Å². The van der Waals surface area contributed by atoms with Crippen molar-refractivity contribution in [1.29, 1.82) is 0 Å². The zero-order valence-electron chi connectivity index (χ0n) is 13.1. The monoisotopic (exact) mass is 347 g/mol. The van der Waals surface area contributed by atoms with Gasteiger partial charge in [0.2, 0.25) is 0 Å². The maximum absolute atomic E-state index is 5.97. The lowest BCUT2D eigenvalue weighted by Gasteiger charge is -2.37. The molecule has 2 heterocycles. The molecule has 2 saturated heterocycles. The molecule has 0 amide bonds. The lowest BCUT2D eigenvalue weighted by molar-refractivity contribution is -0.0516. The second-order valence-electron chi connectivity index (χ2n) is 6.27. The molecule has 2 rings (SSSR count). The van der Waals surface area contributed by atoms with E-state index in [-0.39, 0.29) is 0 Å². The van der Waals surface area contributed by atoms with Gasteiger partial charge in [-0.3, -0.25) is 9.80 Å². The molecule has 5 heteroatoms. The summed E-state index contributed by atoms with van der Waals surface area (Å²) in [7, 11) is 0. The van der Waals surface area contributed by atoms with Crippen molar-refractivity contribution in [3.05, 3.63) is 0 Å². The summed E-state index contributed by atoms with van der Waals surface area (Å²) in [4.78, 5) is 7.71. The Bertz CT molecular complexity index is 278. The quantitative estimate of drug-likeness (QED) is 0.701. The van der Waals surface area contributed by atoms with Gasteiger partial charge in [-0.15, -0.1) is 0 Å². The summed E-state index contributed by atoms with van der Waals surface area (Å²) in [6.45, 7) is 14.8. The second-order valence-corrected chi connectivity index (χ2v) is 7.06. The molecule has 2 aliphatic heterocycles. The Balaban J connectivity index is 1.75. The van der Waals surface area contributed by atoms with Crippen molar-refractivity contribution in [1.82, 2.24) is 14.7 Å². The molecule has 118 valence electrons. The number of ether oxygens (including phenoxy) is 1. The third-order valence-electron chi connectivity index (χ3n) is 4.44. The fourth-order valence-electron chi connectivity index (χ4n) is 3.16. The summed E-state index contributed by atoms with van der Waals surface area (Å²) >= 11 is 3.54. The smallest absolute Gasteiger partial charge is 0.0829 e.